The van der Waals surface area contributed by atoms with Gasteiger partial charge in [-0.25, -0.2) is 0 Å². The number of rotatable bonds is 6. The van der Waals surface area contributed by atoms with Gasteiger partial charge in [-0.3, -0.25) is 4.79 Å². The topological polar surface area (TPSA) is 32.8 Å². The van der Waals surface area contributed by atoms with Crippen LogP contribution in [0.5, 0.6) is 5.75 Å². The molecule has 0 aliphatic carbocycles. The van der Waals surface area contributed by atoms with Crippen molar-refractivity contribution in [2.24, 2.45) is 0 Å². The zero-order chi connectivity index (χ0) is 19.2. The Morgan fingerprint density at radius 2 is 1.78 bits per heavy atom. The molecular formula is C21H25ClN2O2S. The van der Waals surface area contributed by atoms with E-state index in [1.807, 2.05) is 61.2 Å². The van der Waals surface area contributed by atoms with Crippen LogP contribution in [0.25, 0.3) is 0 Å². The monoisotopic (exact) mass is 404 g/mol. The Labute approximate surface area is 170 Å². The van der Waals surface area contributed by atoms with Gasteiger partial charge in [0.2, 0.25) is 5.91 Å². The molecule has 0 aromatic heterocycles. The van der Waals surface area contributed by atoms with Gasteiger partial charge in [-0.15, -0.1) is 11.8 Å². The second-order valence-electron chi connectivity index (χ2n) is 6.43. The number of nitrogens with zero attached hydrogens (tertiary/aromatic N) is 2. The van der Waals surface area contributed by atoms with Crippen molar-refractivity contribution in [3.63, 3.8) is 0 Å². The standard InChI is InChI=1S/C21H25ClN2O2S/c1-3-26-20-7-5-4-6-19(20)23-12-14-24(15-13-23)21(25)16(2)27-18-10-8-17(22)9-11-18/h4-11,16H,3,12-15H2,1-2H3/t16-/m1/s1. The molecule has 1 aliphatic rings. The molecule has 2 aromatic carbocycles. The minimum atomic E-state index is -0.117. The van der Waals surface area contributed by atoms with Crippen molar-refractivity contribution in [1.82, 2.24) is 4.90 Å². The second kappa shape index (κ2) is 9.38. The lowest BCUT2D eigenvalue weighted by Gasteiger charge is -2.37. The largest absolute Gasteiger partial charge is 0.492 e. The van der Waals surface area contributed by atoms with Gasteiger partial charge in [-0.05, 0) is 50.2 Å². The van der Waals surface area contributed by atoms with E-state index in [9.17, 15) is 4.79 Å². The van der Waals surface area contributed by atoms with Crippen LogP contribution in [0.1, 0.15) is 13.8 Å². The molecule has 2 aromatic rings. The summed E-state index contributed by atoms with van der Waals surface area (Å²) in [6, 6.07) is 15.7. The summed E-state index contributed by atoms with van der Waals surface area (Å²) in [7, 11) is 0. The number of halogens is 1. The third-order valence-corrected chi connectivity index (χ3v) is 5.92. The molecule has 1 aliphatic heterocycles. The van der Waals surface area contributed by atoms with Crippen molar-refractivity contribution in [2.75, 3.05) is 37.7 Å². The number of carbonyl (C=O) groups is 1. The van der Waals surface area contributed by atoms with Crippen LogP contribution < -0.4 is 9.64 Å². The predicted molar refractivity (Wildman–Crippen MR) is 113 cm³/mol. The van der Waals surface area contributed by atoms with Crippen LogP contribution in [0.15, 0.2) is 53.4 Å². The zero-order valence-corrected chi connectivity index (χ0v) is 17.3. The van der Waals surface area contributed by atoms with Crippen molar-refractivity contribution in [2.45, 2.75) is 24.0 Å². The van der Waals surface area contributed by atoms with E-state index in [-0.39, 0.29) is 11.2 Å². The highest BCUT2D eigenvalue weighted by Gasteiger charge is 2.26. The third-order valence-electron chi connectivity index (χ3n) is 4.57. The number of para-hydroxylation sites is 2. The van der Waals surface area contributed by atoms with E-state index in [2.05, 4.69) is 11.0 Å². The lowest BCUT2D eigenvalue weighted by molar-refractivity contribution is -0.130. The molecule has 0 bridgehead atoms. The minimum Gasteiger partial charge on any atom is -0.492 e. The van der Waals surface area contributed by atoms with E-state index in [0.717, 1.165) is 42.5 Å². The highest BCUT2D eigenvalue weighted by atomic mass is 35.5. The van der Waals surface area contributed by atoms with E-state index in [0.29, 0.717) is 11.6 Å². The minimum absolute atomic E-state index is 0.117. The molecule has 6 heteroatoms. The summed E-state index contributed by atoms with van der Waals surface area (Å²) in [5, 5.41) is 0.593. The average molecular weight is 405 g/mol. The molecule has 0 radical (unpaired) electrons. The molecule has 3 rings (SSSR count). The fraction of sp³-hybridized carbons (Fsp3) is 0.381. The number of hydrogen-bond acceptors (Lipinski definition) is 4. The first-order valence-electron chi connectivity index (χ1n) is 9.26. The molecule has 144 valence electrons. The van der Waals surface area contributed by atoms with Gasteiger partial charge in [0.05, 0.1) is 17.5 Å². The van der Waals surface area contributed by atoms with Crippen molar-refractivity contribution in [3.05, 3.63) is 53.6 Å². The molecule has 4 nitrogen and oxygen atoms in total. The zero-order valence-electron chi connectivity index (χ0n) is 15.7. The Morgan fingerprint density at radius 3 is 2.44 bits per heavy atom. The molecule has 1 amide bonds. The maximum atomic E-state index is 12.8. The summed E-state index contributed by atoms with van der Waals surface area (Å²) in [6.45, 7) is 7.69. The summed E-state index contributed by atoms with van der Waals surface area (Å²) < 4.78 is 5.74. The van der Waals surface area contributed by atoms with Gasteiger partial charge in [-0.1, -0.05) is 23.7 Å². The molecule has 1 heterocycles. The maximum absolute atomic E-state index is 12.8. The van der Waals surface area contributed by atoms with Gasteiger partial charge in [0, 0.05) is 36.1 Å². The molecule has 0 unspecified atom stereocenters. The van der Waals surface area contributed by atoms with Gasteiger partial charge in [0.25, 0.3) is 0 Å². The number of carbonyl (C=O) groups excluding carboxylic acids is 1. The Balaban J connectivity index is 1.57. The summed E-state index contributed by atoms with van der Waals surface area (Å²) in [6.07, 6.45) is 0. The van der Waals surface area contributed by atoms with Gasteiger partial charge < -0.3 is 14.5 Å². The number of ether oxygens (including phenoxy) is 1. The number of benzene rings is 2. The fourth-order valence-corrected chi connectivity index (χ4v) is 4.27. The highest BCUT2D eigenvalue weighted by Crippen LogP contribution is 2.30. The molecule has 0 saturated carbocycles. The molecule has 1 saturated heterocycles. The van der Waals surface area contributed by atoms with Crippen molar-refractivity contribution < 1.29 is 9.53 Å². The number of piperazine rings is 1. The van der Waals surface area contributed by atoms with Gasteiger partial charge in [0.15, 0.2) is 0 Å². The number of hydrogen-bond donors (Lipinski definition) is 0. The lowest BCUT2D eigenvalue weighted by atomic mass is 10.2. The molecule has 1 fully saturated rings. The van der Waals surface area contributed by atoms with Gasteiger partial charge in [-0.2, -0.15) is 0 Å². The van der Waals surface area contributed by atoms with Crippen LogP contribution in [-0.2, 0) is 4.79 Å². The fourth-order valence-electron chi connectivity index (χ4n) is 3.19. The SMILES string of the molecule is CCOc1ccccc1N1CCN(C(=O)[C@@H](C)Sc2ccc(Cl)cc2)CC1. The first-order chi connectivity index (χ1) is 13.1. The van der Waals surface area contributed by atoms with E-state index in [4.69, 9.17) is 16.3 Å². The van der Waals surface area contributed by atoms with Crippen molar-refractivity contribution in [1.29, 1.82) is 0 Å². The first-order valence-corrected chi connectivity index (χ1v) is 10.5. The van der Waals surface area contributed by atoms with E-state index in [1.165, 1.54) is 0 Å². The Hall–Kier alpha value is -1.85. The van der Waals surface area contributed by atoms with Crippen LogP contribution in [0.3, 0.4) is 0 Å². The number of thioether (sulfide) groups is 1. The van der Waals surface area contributed by atoms with E-state index < -0.39 is 0 Å². The second-order valence-corrected chi connectivity index (χ2v) is 8.28. The summed E-state index contributed by atoms with van der Waals surface area (Å²) in [5.41, 5.74) is 1.11. The Kier molecular flexibility index (Phi) is 6.91. The third kappa shape index (κ3) is 5.11. The van der Waals surface area contributed by atoms with E-state index in [1.54, 1.807) is 11.8 Å². The number of amides is 1. The van der Waals surface area contributed by atoms with E-state index >= 15 is 0 Å². The smallest absolute Gasteiger partial charge is 0.235 e. The van der Waals surface area contributed by atoms with Crippen LogP contribution in [0.4, 0.5) is 5.69 Å². The Morgan fingerprint density at radius 1 is 1.11 bits per heavy atom. The molecule has 0 N–H and O–H groups in total. The quantitative estimate of drug-likeness (QED) is 0.660. The van der Waals surface area contributed by atoms with Crippen molar-refractivity contribution in [3.8, 4) is 5.75 Å². The highest BCUT2D eigenvalue weighted by molar-refractivity contribution is 8.00. The predicted octanol–water partition coefficient (Wildman–Crippen LogP) is 4.57. The van der Waals surface area contributed by atoms with Gasteiger partial charge in [0.1, 0.15) is 5.75 Å². The molecule has 1 atom stereocenters. The summed E-state index contributed by atoms with van der Waals surface area (Å²) in [5.74, 6) is 1.10. The summed E-state index contributed by atoms with van der Waals surface area (Å²) in [4.78, 5) is 18.1. The summed E-state index contributed by atoms with van der Waals surface area (Å²) >= 11 is 7.51. The normalized spacial score (nSPS) is 15.5. The van der Waals surface area contributed by atoms with Crippen LogP contribution in [-0.4, -0.2) is 48.8 Å². The maximum Gasteiger partial charge on any atom is 0.235 e. The van der Waals surface area contributed by atoms with Gasteiger partial charge >= 0.3 is 0 Å². The van der Waals surface area contributed by atoms with Crippen LogP contribution in [0, 0.1) is 0 Å². The van der Waals surface area contributed by atoms with Crippen LogP contribution in [0.2, 0.25) is 5.02 Å². The molecule has 27 heavy (non-hydrogen) atoms. The Bertz CT molecular complexity index is 761. The average Bonchev–Trinajstić information content (AvgIpc) is 2.70. The van der Waals surface area contributed by atoms with Crippen LogP contribution >= 0.6 is 23.4 Å². The first kappa shape index (κ1) is 19.9. The molecule has 0 spiro atoms. The molecular weight excluding hydrogens is 380 g/mol. The van der Waals surface area contributed by atoms with Crippen molar-refractivity contribution >= 4 is 35.0 Å². The number of anilines is 1. The lowest BCUT2D eigenvalue weighted by Crippen LogP contribution is -2.50.